The Hall–Kier alpha value is -3.48. The quantitative estimate of drug-likeness (QED) is 0.505. The minimum Gasteiger partial charge on any atom is -0.350 e. The maximum Gasteiger partial charge on any atom is 0.250 e. The first-order chi connectivity index (χ1) is 12.7. The number of benzene rings is 2. The van der Waals surface area contributed by atoms with Gasteiger partial charge in [-0.05, 0) is 11.1 Å². The van der Waals surface area contributed by atoms with Crippen molar-refractivity contribution in [2.45, 2.75) is 6.54 Å². The van der Waals surface area contributed by atoms with E-state index in [0.29, 0.717) is 24.4 Å². The van der Waals surface area contributed by atoms with Crippen molar-refractivity contribution in [3.8, 4) is 0 Å². The van der Waals surface area contributed by atoms with Crippen LogP contribution in [0.5, 0.6) is 0 Å². The zero-order chi connectivity index (χ0) is 18.2. The second-order valence-electron chi connectivity index (χ2n) is 5.80. The summed E-state index contributed by atoms with van der Waals surface area (Å²) in [5, 5.41) is 7.42. The summed E-state index contributed by atoms with van der Waals surface area (Å²) in [7, 11) is 3.76. The molecule has 0 atom stereocenters. The normalized spacial score (nSPS) is 10.7. The van der Waals surface area contributed by atoms with Crippen LogP contribution in [0.4, 0.5) is 17.8 Å². The summed E-state index contributed by atoms with van der Waals surface area (Å²) in [6.45, 7) is 0.629. The number of nitrogens with one attached hydrogen (secondary N) is 2. The van der Waals surface area contributed by atoms with E-state index in [1.165, 1.54) is 0 Å². The lowest BCUT2D eigenvalue weighted by Gasteiger charge is -2.13. The van der Waals surface area contributed by atoms with Gasteiger partial charge in [0.25, 0.3) is 0 Å². The van der Waals surface area contributed by atoms with E-state index in [0.717, 1.165) is 11.1 Å². The summed E-state index contributed by atoms with van der Waals surface area (Å²) < 4.78 is 0. The van der Waals surface area contributed by atoms with Gasteiger partial charge < -0.3 is 10.2 Å². The van der Waals surface area contributed by atoms with Crippen molar-refractivity contribution in [3.05, 3.63) is 71.8 Å². The molecule has 0 amide bonds. The molecule has 0 unspecified atom stereocenters. The van der Waals surface area contributed by atoms with Crippen LogP contribution in [0.3, 0.4) is 0 Å². The predicted octanol–water partition coefficient (Wildman–Crippen LogP) is 3.00. The van der Waals surface area contributed by atoms with Crippen molar-refractivity contribution in [2.75, 3.05) is 29.7 Å². The molecule has 132 valence electrons. The molecule has 0 fully saturated rings. The van der Waals surface area contributed by atoms with Gasteiger partial charge in [0.05, 0.1) is 6.21 Å². The highest BCUT2D eigenvalue weighted by atomic mass is 15.4. The molecule has 3 rings (SSSR count). The highest BCUT2D eigenvalue weighted by Crippen LogP contribution is 2.12. The van der Waals surface area contributed by atoms with Crippen LogP contribution < -0.4 is 15.6 Å². The lowest BCUT2D eigenvalue weighted by molar-refractivity contribution is 0.940. The van der Waals surface area contributed by atoms with Crippen LogP contribution in [-0.4, -0.2) is 35.3 Å². The largest absolute Gasteiger partial charge is 0.350 e. The van der Waals surface area contributed by atoms with E-state index in [9.17, 15) is 0 Å². The Balaban J connectivity index is 1.72. The molecule has 2 aromatic carbocycles. The summed E-state index contributed by atoms with van der Waals surface area (Å²) >= 11 is 0. The maximum absolute atomic E-state index is 4.41. The number of hydrazone groups is 1. The van der Waals surface area contributed by atoms with Crippen molar-refractivity contribution in [2.24, 2.45) is 5.10 Å². The van der Waals surface area contributed by atoms with Crippen molar-refractivity contribution in [1.82, 2.24) is 15.0 Å². The number of hydrogen-bond donors (Lipinski definition) is 2. The third-order valence-electron chi connectivity index (χ3n) is 3.49. The molecule has 7 heteroatoms. The Kier molecular flexibility index (Phi) is 5.72. The number of rotatable bonds is 7. The smallest absolute Gasteiger partial charge is 0.250 e. The number of anilines is 3. The van der Waals surface area contributed by atoms with Gasteiger partial charge in [-0.15, -0.1) is 0 Å². The van der Waals surface area contributed by atoms with Crippen molar-refractivity contribution in [1.29, 1.82) is 0 Å². The number of hydrogen-bond acceptors (Lipinski definition) is 7. The molecule has 3 aromatic rings. The molecule has 1 aromatic heterocycles. The summed E-state index contributed by atoms with van der Waals surface area (Å²) in [5.74, 6) is 1.42. The Labute approximate surface area is 152 Å². The summed E-state index contributed by atoms with van der Waals surface area (Å²) in [4.78, 5) is 15.0. The maximum atomic E-state index is 4.41. The van der Waals surface area contributed by atoms with Gasteiger partial charge in [0, 0.05) is 20.6 Å². The molecule has 2 N–H and O–H groups in total. The van der Waals surface area contributed by atoms with Crippen LogP contribution in [0.15, 0.2) is 65.8 Å². The van der Waals surface area contributed by atoms with Gasteiger partial charge in [0.15, 0.2) is 0 Å². The van der Waals surface area contributed by atoms with Crippen LogP contribution in [0.25, 0.3) is 0 Å². The van der Waals surface area contributed by atoms with E-state index in [4.69, 9.17) is 0 Å². The molecule has 1 heterocycles. The fourth-order valence-corrected chi connectivity index (χ4v) is 2.17. The minimum atomic E-state index is 0.381. The Morgan fingerprint density at radius 1 is 0.885 bits per heavy atom. The first kappa shape index (κ1) is 17.3. The molecule has 0 saturated heterocycles. The van der Waals surface area contributed by atoms with Crippen LogP contribution in [0.1, 0.15) is 11.1 Å². The molecule has 7 nitrogen and oxygen atoms in total. The fraction of sp³-hybridized carbons (Fsp3) is 0.158. The molecule has 0 aliphatic heterocycles. The van der Waals surface area contributed by atoms with Gasteiger partial charge in [0.1, 0.15) is 0 Å². The molecule has 0 aliphatic rings. The standard InChI is InChI=1S/C19H21N7/c1-26(2)19-23-17(20-13-15-9-5-3-6-10-15)22-18(24-19)25-21-14-16-11-7-4-8-12-16/h3-12,14H,13H2,1-2H3,(H2,20,22,23,24,25)/b21-14-. The number of aromatic nitrogens is 3. The van der Waals surface area contributed by atoms with E-state index >= 15 is 0 Å². The monoisotopic (exact) mass is 347 g/mol. The van der Waals surface area contributed by atoms with E-state index in [1.54, 1.807) is 6.21 Å². The zero-order valence-corrected chi connectivity index (χ0v) is 14.8. The van der Waals surface area contributed by atoms with Gasteiger partial charge in [-0.2, -0.15) is 20.1 Å². The lowest BCUT2D eigenvalue weighted by Crippen LogP contribution is -2.16. The summed E-state index contributed by atoms with van der Waals surface area (Å²) in [6.07, 6.45) is 1.72. The van der Waals surface area contributed by atoms with Gasteiger partial charge in [-0.3, -0.25) is 0 Å². The molecule has 0 radical (unpaired) electrons. The summed E-state index contributed by atoms with van der Waals surface area (Å²) in [6, 6.07) is 19.9. The SMILES string of the molecule is CN(C)c1nc(NCc2ccccc2)nc(N/N=C\c2ccccc2)n1. The van der Waals surface area contributed by atoms with Gasteiger partial charge >= 0.3 is 0 Å². The van der Waals surface area contributed by atoms with Crippen LogP contribution in [0.2, 0.25) is 0 Å². The molecular formula is C19H21N7. The minimum absolute atomic E-state index is 0.381. The van der Waals surface area contributed by atoms with Crippen molar-refractivity contribution < 1.29 is 0 Å². The highest BCUT2D eigenvalue weighted by molar-refractivity contribution is 5.79. The Morgan fingerprint density at radius 2 is 1.54 bits per heavy atom. The van der Waals surface area contributed by atoms with E-state index in [2.05, 4.69) is 30.8 Å². The number of nitrogens with zero attached hydrogens (tertiary/aromatic N) is 5. The predicted molar refractivity (Wildman–Crippen MR) is 106 cm³/mol. The fourth-order valence-electron chi connectivity index (χ4n) is 2.17. The van der Waals surface area contributed by atoms with Gasteiger partial charge in [-0.25, -0.2) is 5.43 Å². The summed E-state index contributed by atoms with van der Waals surface area (Å²) in [5.41, 5.74) is 5.01. The molecule has 26 heavy (non-hydrogen) atoms. The van der Waals surface area contributed by atoms with Gasteiger partial charge in [0.2, 0.25) is 17.8 Å². The van der Waals surface area contributed by atoms with E-state index < -0.39 is 0 Å². The average molecular weight is 347 g/mol. The topological polar surface area (TPSA) is 78.3 Å². The first-order valence-corrected chi connectivity index (χ1v) is 8.26. The second kappa shape index (κ2) is 8.57. The Bertz CT molecular complexity index is 848. The molecular weight excluding hydrogens is 326 g/mol. The van der Waals surface area contributed by atoms with Crippen LogP contribution in [0, 0.1) is 0 Å². The molecule has 0 saturated carbocycles. The van der Waals surface area contributed by atoms with Crippen LogP contribution >= 0.6 is 0 Å². The molecule has 0 spiro atoms. The Morgan fingerprint density at radius 3 is 2.23 bits per heavy atom. The average Bonchev–Trinajstić information content (AvgIpc) is 2.68. The van der Waals surface area contributed by atoms with E-state index in [-0.39, 0.29) is 0 Å². The van der Waals surface area contributed by atoms with Crippen molar-refractivity contribution >= 4 is 24.1 Å². The molecule has 0 aliphatic carbocycles. The first-order valence-electron chi connectivity index (χ1n) is 8.26. The van der Waals surface area contributed by atoms with E-state index in [1.807, 2.05) is 79.7 Å². The van der Waals surface area contributed by atoms with Crippen molar-refractivity contribution in [3.63, 3.8) is 0 Å². The third kappa shape index (κ3) is 5.01. The van der Waals surface area contributed by atoms with Gasteiger partial charge in [-0.1, -0.05) is 60.7 Å². The highest BCUT2D eigenvalue weighted by Gasteiger charge is 2.07. The lowest BCUT2D eigenvalue weighted by atomic mass is 10.2. The second-order valence-corrected chi connectivity index (χ2v) is 5.80. The molecule has 0 bridgehead atoms. The van der Waals surface area contributed by atoms with Crippen LogP contribution in [-0.2, 0) is 6.54 Å². The zero-order valence-electron chi connectivity index (χ0n) is 14.8. The third-order valence-corrected chi connectivity index (χ3v) is 3.49.